The molecule has 0 aromatic carbocycles. The number of pyridine rings is 1. The van der Waals surface area contributed by atoms with E-state index in [0.717, 1.165) is 38.2 Å². The maximum absolute atomic E-state index is 13.8. The second kappa shape index (κ2) is 5.35. The van der Waals surface area contributed by atoms with Crippen LogP contribution in [0.1, 0.15) is 45.0 Å². The molecule has 1 aromatic rings. The van der Waals surface area contributed by atoms with Crippen LogP contribution in [0.15, 0.2) is 12.1 Å². The van der Waals surface area contributed by atoms with Crippen LogP contribution < -0.4 is 0 Å². The Labute approximate surface area is 109 Å². The van der Waals surface area contributed by atoms with Gasteiger partial charge < -0.3 is 4.74 Å². The zero-order chi connectivity index (χ0) is 13.2. The smallest absolute Gasteiger partial charge is 0.144 e. The van der Waals surface area contributed by atoms with E-state index in [2.05, 4.69) is 25.8 Å². The monoisotopic (exact) mass is 251 g/mol. The molecular weight excluding hydrogens is 229 g/mol. The van der Waals surface area contributed by atoms with Crippen molar-refractivity contribution in [3.8, 4) is 0 Å². The number of hydrogen-bond donors (Lipinski definition) is 0. The van der Waals surface area contributed by atoms with Crippen molar-refractivity contribution in [1.82, 2.24) is 4.98 Å². The second-order valence-corrected chi connectivity index (χ2v) is 6.13. The maximum Gasteiger partial charge on any atom is 0.144 e. The van der Waals surface area contributed by atoms with Gasteiger partial charge in [0.15, 0.2) is 0 Å². The predicted molar refractivity (Wildman–Crippen MR) is 70.1 cm³/mol. The molecule has 3 heteroatoms. The average Bonchev–Trinajstić information content (AvgIpc) is 2.32. The molecule has 0 radical (unpaired) electrons. The summed E-state index contributed by atoms with van der Waals surface area (Å²) >= 11 is 0. The summed E-state index contributed by atoms with van der Waals surface area (Å²) in [7, 11) is 0. The minimum atomic E-state index is -0.172. The Morgan fingerprint density at radius 2 is 1.94 bits per heavy atom. The highest BCUT2D eigenvalue weighted by Gasteiger charge is 2.20. The molecule has 0 saturated carbocycles. The van der Waals surface area contributed by atoms with Crippen molar-refractivity contribution in [3.63, 3.8) is 0 Å². The van der Waals surface area contributed by atoms with E-state index in [-0.39, 0.29) is 11.2 Å². The lowest BCUT2D eigenvalue weighted by Crippen LogP contribution is -2.20. The average molecular weight is 251 g/mol. The van der Waals surface area contributed by atoms with Crippen molar-refractivity contribution in [3.05, 3.63) is 29.3 Å². The quantitative estimate of drug-likeness (QED) is 0.802. The predicted octanol–water partition coefficient (Wildman–Crippen LogP) is 3.49. The van der Waals surface area contributed by atoms with Gasteiger partial charge in [-0.1, -0.05) is 20.8 Å². The third-order valence-electron chi connectivity index (χ3n) is 3.51. The van der Waals surface area contributed by atoms with Gasteiger partial charge in [-0.05, 0) is 37.3 Å². The van der Waals surface area contributed by atoms with Crippen molar-refractivity contribution in [1.29, 1.82) is 0 Å². The van der Waals surface area contributed by atoms with Crippen molar-refractivity contribution < 1.29 is 9.13 Å². The number of nitrogens with zero attached hydrogens (tertiary/aromatic N) is 1. The zero-order valence-electron chi connectivity index (χ0n) is 11.5. The molecule has 0 bridgehead atoms. The van der Waals surface area contributed by atoms with E-state index < -0.39 is 0 Å². The van der Waals surface area contributed by atoms with Gasteiger partial charge >= 0.3 is 0 Å². The Hall–Kier alpha value is -0.960. The number of aromatic nitrogens is 1. The molecule has 1 aromatic heterocycles. The lowest BCUT2D eigenvalue weighted by Gasteiger charge is -2.23. The molecule has 2 heterocycles. The lowest BCUT2D eigenvalue weighted by molar-refractivity contribution is 0.0660. The van der Waals surface area contributed by atoms with Crippen molar-refractivity contribution in [2.75, 3.05) is 13.2 Å². The molecule has 0 atom stereocenters. The van der Waals surface area contributed by atoms with E-state index >= 15 is 0 Å². The van der Waals surface area contributed by atoms with Crippen LogP contribution in [-0.4, -0.2) is 18.2 Å². The molecule has 1 saturated heterocycles. The van der Waals surface area contributed by atoms with Gasteiger partial charge in [0.2, 0.25) is 0 Å². The van der Waals surface area contributed by atoms with Gasteiger partial charge in [0.1, 0.15) is 5.82 Å². The van der Waals surface area contributed by atoms with E-state index in [0.29, 0.717) is 11.6 Å². The third kappa shape index (κ3) is 3.29. The van der Waals surface area contributed by atoms with Crippen LogP contribution in [0.3, 0.4) is 0 Å². The van der Waals surface area contributed by atoms with Gasteiger partial charge in [0.05, 0.1) is 5.69 Å². The van der Waals surface area contributed by atoms with Crippen LogP contribution in [0.2, 0.25) is 0 Å². The van der Waals surface area contributed by atoms with E-state index in [1.165, 1.54) is 0 Å². The topological polar surface area (TPSA) is 22.1 Å². The fourth-order valence-electron chi connectivity index (χ4n) is 2.27. The normalized spacial score (nSPS) is 18.0. The summed E-state index contributed by atoms with van der Waals surface area (Å²) in [5.41, 5.74) is 1.55. The summed E-state index contributed by atoms with van der Waals surface area (Å²) in [5, 5.41) is 0. The van der Waals surface area contributed by atoms with Gasteiger partial charge in [-0.25, -0.2) is 4.39 Å². The second-order valence-electron chi connectivity index (χ2n) is 6.13. The van der Waals surface area contributed by atoms with Crippen molar-refractivity contribution >= 4 is 0 Å². The van der Waals surface area contributed by atoms with Crippen molar-refractivity contribution in [2.45, 2.75) is 45.4 Å². The van der Waals surface area contributed by atoms with Crippen molar-refractivity contribution in [2.24, 2.45) is 5.92 Å². The molecule has 0 N–H and O–H groups in total. The Bertz CT molecular complexity index is 405. The fraction of sp³-hybridized carbons (Fsp3) is 0.667. The van der Waals surface area contributed by atoms with Gasteiger partial charge in [-0.15, -0.1) is 0 Å². The molecule has 0 spiro atoms. The summed E-state index contributed by atoms with van der Waals surface area (Å²) in [6, 6.07) is 3.35. The molecule has 18 heavy (non-hydrogen) atoms. The molecular formula is C15H22FNO. The number of hydrogen-bond acceptors (Lipinski definition) is 2. The van der Waals surface area contributed by atoms with Crippen LogP contribution in [0, 0.1) is 11.7 Å². The van der Waals surface area contributed by atoms with E-state index in [9.17, 15) is 4.39 Å². The van der Waals surface area contributed by atoms with Crippen LogP contribution >= 0.6 is 0 Å². The number of ether oxygens (including phenoxy) is 1. The Balaban J connectivity index is 2.15. The first-order valence-electron chi connectivity index (χ1n) is 6.70. The lowest BCUT2D eigenvalue weighted by atomic mass is 9.90. The maximum atomic E-state index is 13.8. The molecule has 2 nitrogen and oxygen atoms in total. The summed E-state index contributed by atoms with van der Waals surface area (Å²) in [4.78, 5) is 4.52. The van der Waals surface area contributed by atoms with E-state index in [1.807, 2.05) is 0 Å². The Morgan fingerprint density at radius 1 is 1.28 bits per heavy atom. The fourth-order valence-corrected chi connectivity index (χ4v) is 2.27. The van der Waals surface area contributed by atoms with E-state index in [4.69, 9.17) is 4.74 Å². The highest BCUT2D eigenvalue weighted by molar-refractivity contribution is 5.19. The van der Waals surface area contributed by atoms with Crippen LogP contribution in [0.25, 0.3) is 0 Å². The first kappa shape index (κ1) is 13.5. The molecule has 100 valence electrons. The first-order valence-corrected chi connectivity index (χ1v) is 6.70. The molecule has 1 aliphatic rings. The molecule has 0 amide bonds. The van der Waals surface area contributed by atoms with Gasteiger partial charge in [-0.3, -0.25) is 4.98 Å². The largest absolute Gasteiger partial charge is 0.381 e. The summed E-state index contributed by atoms with van der Waals surface area (Å²) < 4.78 is 19.2. The van der Waals surface area contributed by atoms with Gasteiger partial charge in [0, 0.05) is 24.3 Å². The molecule has 1 fully saturated rings. The van der Waals surface area contributed by atoms with Gasteiger partial charge in [0.25, 0.3) is 0 Å². The number of halogens is 1. The minimum Gasteiger partial charge on any atom is -0.381 e. The Morgan fingerprint density at radius 3 is 2.56 bits per heavy atom. The summed E-state index contributed by atoms with van der Waals surface area (Å²) in [5.74, 6) is 0.338. The molecule has 2 rings (SSSR count). The standard InChI is InChI=1S/C15H22FNO/c1-15(2,3)14-5-4-12(16)13(17-14)10-11-6-8-18-9-7-11/h4-5,11H,6-10H2,1-3H3. The first-order chi connectivity index (χ1) is 8.47. The highest BCUT2D eigenvalue weighted by atomic mass is 19.1. The highest BCUT2D eigenvalue weighted by Crippen LogP contribution is 2.24. The van der Waals surface area contributed by atoms with Crippen LogP contribution in [-0.2, 0) is 16.6 Å². The molecule has 0 unspecified atom stereocenters. The minimum absolute atomic E-state index is 0.0296. The third-order valence-corrected chi connectivity index (χ3v) is 3.51. The van der Waals surface area contributed by atoms with Crippen LogP contribution in [0.5, 0.6) is 0 Å². The SMILES string of the molecule is CC(C)(C)c1ccc(F)c(CC2CCOCC2)n1. The van der Waals surface area contributed by atoms with Gasteiger partial charge in [-0.2, -0.15) is 0 Å². The Kier molecular flexibility index (Phi) is 4.00. The summed E-state index contributed by atoms with van der Waals surface area (Å²) in [6.07, 6.45) is 2.76. The summed E-state index contributed by atoms with van der Waals surface area (Å²) in [6.45, 7) is 7.90. The zero-order valence-corrected chi connectivity index (χ0v) is 11.5. The van der Waals surface area contributed by atoms with Crippen LogP contribution in [0.4, 0.5) is 4.39 Å². The number of rotatable bonds is 2. The molecule has 1 aliphatic heterocycles. The molecule has 0 aliphatic carbocycles. The van der Waals surface area contributed by atoms with E-state index in [1.54, 1.807) is 12.1 Å².